The Hall–Kier alpha value is -3.06. The first-order chi connectivity index (χ1) is 13.4. The van der Waals surface area contributed by atoms with Gasteiger partial charge >= 0.3 is 5.97 Å². The Morgan fingerprint density at radius 1 is 1.18 bits per heavy atom. The van der Waals surface area contributed by atoms with E-state index in [1.165, 1.54) is 11.8 Å². The van der Waals surface area contributed by atoms with Crippen LogP contribution in [0.1, 0.15) is 33.3 Å². The smallest absolute Gasteiger partial charge is 0.338 e. The molecule has 1 aromatic heterocycles. The van der Waals surface area contributed by atoms with Crippen LogP contribution >= 0.6 is 11.8 Å². The van der Waals surface area contributed by atoms with Crippen LogP contribution in [0, 0.1) is 6.92 Å². The number of hydrogen-bond donors (Lipinski definition) is 2. The third-order valence-electron chi connectivity index (χ3n) is 4.64. The number of esters is 1. The van der Waals surface area contributed by atoms with E-state index in [2.05, 4.69) is 10.3 Å². The lowest BCUT2D eigenvalue weighted by Crippen LogP contribution is -2.25. The predicted molar refractivity (Wildman–Crippen MR) is 108 cm³/mol. The van der Waals surface area contributed by atoms with Crippen molar-refractivity contribution in [2.24, 2.45) is 0 Å². The van der Waals surface area contributed by atoms with Gasteiger partial charge in [-0.2, -0.15) is 0 Å². The maximum atomic E-state index is 12.9. The number of rotatable bonds is 4. The zero-order valence-corrected chi connectivity index (χ0v) is 16.2. The Labute approximate surface area is 165 Å². The first-order valence-electron chi connectivity index (χ1n) is 8.83. The fourth-order valence-electron chi connectivity index (χ4n) is 3.29. The quantitative estimate of drug-likeness (QED) is 0.517. The van der Waals surface area contributed by atoms with E-state index in [0.29, 0.717) is 17.0 Å². The van der Waals surface area contributed by atoms with Crippen LogP contribution in [0.5, 0.6) is 0 Å². The molecule has 0 saturated heterocycles. The molecule has 0 radical (unpaired) electrons. The van der Waals surface area contributed by atoms with Crippen molar-refractivity contribution < 1.29 is 19.1 Å². The monoisotopic (exact) mass is 394 g/mol. The summed E-state index contributed by atoms with van der Waals surface area (Å²) in [5, 5.41) is 3.55. The molecule has 142 valence electrons. The van der Waals surface area contributed by atoms with Gasteiger partial charge in [-0.05, 0) is 38.1 Å². The van der Waals surface area contributed by atoms with Crippen molar-refractivity contribution in [1.82, 2.24) is 4.98 Å². The fraction of sp³-hybridized carbons (Fsp3) is 0.190. The summed E-state index contributed by atoms with van der Waals surface area (Å²) in [6, 6.07) is 12.5. The van der Waals surface area contributed by atoms with Crippen LogP contribution < -0.4 is 5.32 Å². The van der Waals surface area contributed by atoms with E-state index in [9.17, 15) is 14.4 Å². The van der Waals surface area contributed by atoms with Gasteiger partial charge in [0.15, 0.2) is 6.10 Å². The number of hydrogen-bond acceptors (Lipinski definition) is 5. The van der Waals surface area contributed by atoms with Gasteiger partial charge in [0, 0.05) is 27.1 Å². The van der Waals surface area contributed by atoms with Gasteiger partial charge < -0.3 is 15.0 Å². The molecule has 0 spiro atoms. The lowest BCUT2D eigenvalue weighted by Gasteiger charge is -2.17. The van der Waals surface area contributed by atoms with Crippen LogP contribution in [0.25, 0.3) is 10.9 Å². The van der Waals surface area contributed by atoms with Crippen molar-refractivity contribution in [1.29, 1.82) is 0 Å². The number of anilines is 1. The number of aromatic nitrogens is 1. The van der Waals surface area contributed by atoms with E-state index in [4.69, 9.17) is 4.74 Å². The SMILES string of the molecule is Cc1[nH]c2ccccc2c1C(=O)C(C)OC(=O)c1ccc2c(c1)NC(=O)CS2. The van der Waals surface area contributed by atoms with Crippen molar-refractivity contribution in [3.8, 4) is 0 Å². The molecule has 1 aliphatic rings. The standard InChI is InChI=1S/C21H18N2O4S/c1-11-19(14-5-3-4-6-15(14)22-11)20(25)12(2)27-21(26)13-7-8-17-16(9-13)23-18(24)10-28-17/h3-9,12,22H,10H2,1-2H3,(H,23,24). The van der Waals surface area contributed by atoms with Gasteiger partial charge in [0.05, 0.1) is 17.0 Å². The number of ether oxygens (including phenoxy) is 1. The van der Waals surface area contributed by atoms with Gasteiger partial charge in [-0.1, -0.05) is 18.2 Å². The summed E-state index contributed by atoms with van der Waals surface area (Å²) in [7, 11) is 0. The molecule has 4 rings (SSSR count). The molecule has 3 aromatic rings. The van der Waals surface area contributed by atoms with E-state index < -0.39 is 12.1 Å². The van der Waals surface area contributed by atoms with Crippen LogP contribution in [0.2, 0.25) is 0 Å². The summed E-state index contributed by atoms with van der Waals surface area (Å²) in [6.45, 7) is 3.39. The summed E-state index contributed by atoms with van der Waals surface area (Å²) in [4.78, 5) is 41.1. The van der Waals surface area contributed by atoms with Gasteiger partial charge in [-0.15, -0.1) is 11.8 Å². The number of nitrogens with one attached hydrogen (secondary N) is 2. The van der Waals surface area contributed by atoms with E-state index in [-0.39, 0.29) is 17.3 Å². The molecule has 2 aromatic carbocycles. The second-order valence-electron chi connectivity index (χ2n) is 6.63. The molecule has 7 heteroatoms. The zero-order chi connectivity index (χ0) is 19.8. The number of aryl methyl sites for hydroxylation is 1. The molecular formula is C21H18N2O4S. The summed E-state index contributed by atoms with van der Waals surface area (Å²) in [5.41, 5.74) is 3.01. The maximum Gasteiger partial charge on any atom is 0.338 e. The Morgan fingerprint density at radius 3 is 2.79 bits per heavy atom. The van der Waals surface area contributed by atoms with Crippen LogP contribution in [0.4, 0.5) is 5.69 Å². The van der Waals surface area contributed by atoms with Gasteiger partial charge in [0.25, 0.3) is 0 Å². The van der Waals surface area contributed by atoms with Crippen molar-refractivity contribution >= 4 is 46.0 Å². The molecule has 0 fully saturated rings. The highest BCUT2D eigenvalue weighted by Gasteiger charge is 2.25. The number of benzene rings is 2. The summed E-state index contributed by atoms with van der Waals surface area (Å²) >= 11 is 1.42. The Bertz CT molecular complexity index is 1120. The number of carbonyl (C=O) groups excluding carboxylic acids is 3. The minimum absolute atomic E-state index is 0.110. The minimum Gasteiger partial charge on any atom is -0.451 e. The van der Waals surface area contributed by atoms with E-state index in [0.717, 1.165) is 21.5 Å². The largest absolute Gasteiger partial charge is 0.451 e. The lowest BCUT2D eigenvalue weighted by atomic mass is 10.0. The highest BCUT2D eigenvalue weighted by atomic mass is 32.2. The third kappa shape index (κ3) is 3.29. The molecule has 0 aliphatic carbocycles. The van der Waals surface area contributed by atoms with Crippen LogP contribution in [-0.2, 0) is 9.53 Å². The zero-order valence-electron chi connectivity index (χ0n) is 15.4. The fourth-order valence-corrected chi connectivity index (χ4v) is 4.08. The van der Waals surface area contributed by atoms with Crippen molar-refractivity contribution in [3.63, 3.8) is 0 Å². The van der Waals surface area contributed by atoms with Gasteiger partial charge in [-0.25, -0.2) is 4.79 Å². The summed E-state index contributed by atoms with van der Waals surface area (Å²) in [5.74, 6) is -0.621. The number of amides is 1. The second-order valence-corrected chi connectivity index (χ2v) is 7.65. The van der Waals surface area contributed by atoms with Gasteiger partial charge in [0.2, 0.25) is 11.7 Å². The molecule has 1 atom stereocenters. The molecule has 0 bridgehead atoms. The Balaban J connectivity index is 1.54. The summed E-state index contributed by atoms with van der Waals surface area (Å²) < 4.78 is 5.42. The average molecular weight is 394 g/mol. The summed E-state index contributed by atoms with van der Waals surface area (Å²) in [6.07, 6.45) is -0.939. The van der Waals surface area contributed by atoms with Gasteiger partial charge in [0.1, 0.15) is 0 Å². The third-order valence-corrected chi connectivity index (χ3v) is 5.71. The second kappa shape index (κ2) is 7.16. The van der Waals surface area contributed by atoms with Crippen molar-refractivity contribution in [3.05, 3.63) is 59.3 Å². The number of para-hydroxylation sites is 1. The topological polar surface area (TPSA) is 88.3 Å². The number of Topliss-reactive ketones (excluding diaryl/α,β-unsaturated/α-hetero) is 1. The number of fused-ring (bicyclic) bond motifs is 2. The molecule has 28 heavy (non-hydrogen) atoms. The van der Waals surface area contributed by atoms with Crippen LogP contribution in [0.3, 0.4) is 0 Å². The molecule has 1 unspecified atom stereocenters. The van der Waals surface area contributed by atoms with E-state index in [1.54, 1.807) is 25.1 Å². The molecule has 1 aliphatic heterocycles. The van der Waals surface area contributed by atoms with Crippen LogP contribution in [0.15, 0.2) is 47.4 Å². The first-order valence-corrected chi connectivity index (χ1v) is 9.82. The van der Waals surface area contributed by atoms with Gasteiger partial charge in [-0.3, -0.25) is 9.59 Å². The number of ketones is 1. The lowest BCUT2D eigenvalue weighted by molar-refractivity contribution is -0.113. The molecule has 2 heterocycles. The van der Waals surface area contributed by atoms with Crippen molar-refractivity contribution in [2.45, 2.75) is 24.8 Å². The predicted octanol–water partition coefficient (Wildman–Crippen LogP) is 3.95. The minimum atomic E-state index is -0.939. The number of thioether (sulfide) groups is 1. The average Bonchev–Trinajstić information content (AvgIpc) is 3.02. The normalized spacial score (nSPS) is 14.3. The van der Waals surface area contributed by atoms with Crippen LogP contribution in [-0.4, -0.2) is 34.5 Å². The molecule has 0 saturated carbocycles. The number of H-pyrrole nitrogens is 1. The highest BCUT2D eigenvalue weighted by molar-refractivity contribution is 8.00. The molecule has 6 nitrogen and oxygen atoms in total. The molecular weight excluding hydrogens is 376 g/mol. The number of aromatic amines is 1. The van der Waals surface area contributed by atoms with E-state index >= 15 is 0 Å². The number of carbonyl (C=O) groups is 3. The molecule has 1 amide bonds. The van der Waals surface area contributed by atoms with Crippen molar-refractivity contribution in [2.75, 3.05) is 11.1 Å². The molecule has 2 N–H and O–H groups in total. The maximum absolute atomic E-state index is 12.9. The first kappa shape index (κ1) is 18.3. The highest BCUT2D eigenvalue weighted by Crippen LogP contribution is 2.32. The van der Waals surface area contributed by atoms with E-state index in [1.807, 2.05) is 31.2 Å². The Kier molecular flexibility index (Phi) is 4.68. The Morgan fingerprint density at radius 2 is 1.96 bits per heavy atom.